The smallest absolute Gasteiger partial charge is 0.253 e. The van der Waals surface area contributed by atoms with Gasteiger partial charge >= 0.3 is 0 Å². The van der Waals surface area contributed by atoms with Gasteiger partial charge in [0.1, 0.15) is 6.10 Å². The van der Waals surface area contributed by atoms with Crippen LogP contribution in [0.3, 0.4) is 0 Å². The molecular weight excluding hydrogens is 258 g/mol. The largest absolute Gasteiger partial charge is 0.366 e. The molecule has 2 aliphatic rings. The zero-order valence-electron chi connectivity index (χ0n) is 12.2. The minimum absolute atomic E-state index is 0.0478. The molecule has 2 atom stereocenters. The summed E-state index contributed by atoms with van der Waals surface area (Å²) in [5.41, 5.74) is 0. The molecule has 2 unspecified atom stereocenters. The Morgan fingerprint density at radius 1 is 1.45 bits per heavy atom. The predicted molar refractivity (Wildman–Crippen MR) is 75.3 cm³/mol. The highest BCUT2D eigenvalue weighted by Crippen LogP contribution is 2.13. The summed E-state index contributed by atoms with van der Waals surface area (Å²) in [5, 5.41) is 6.19. The van der Waals surface area contributed by atoms with Gasteiger partial charge in [0, 0.05) is 38.6 Å². The first-order valence-electron chi connectivity index (χ1n) is 7.61. The first kappa shape index (κ1) is 15.3. The van der Waals surface area contributed by atoms with E-state index in [0.717, 1.165) is 32.4 Å². The zero-order valence-corrected chi connectivity index (χ0v) is 12.2. The molecule has 0 spiro atoms. The number of amides is 2. The maximum atomic E-state index is 12.4. The number of piperidine rings is 1. The minimum atomic E-state index is -0.367. The molecule has 2 fully saturated rings. The van der Waals surface area contributed by atoms with Crippen molar-refractivity contribution in [1.82, 2.24) is 15.5 Å². The predicted octanol–water partition coefficient (Wildman–Crippen LogP) is -0.118. The number of rotatable bonds is 4. The van der Waals surface area contributed by atoms with Crippen LogP contribution >= 0.6 is 0 Å². The van der Waals surface area contributed by atoms with Crippen molar-refractivity contribution in [1.29, 1.82) is 0 Å². The number of carbonyl (C=O) groups is 2. The molecule has 0 aliphatic carbocycles. The molecule has 0 bridgehead atoms. The van der Waals surface area contributed by atoms with Crippen LogP contribution in [0, 0.1) is 0 Å². The van der Waals surface area contributed by atoms with E-state index >= 15 is 0 Å². The molecule has 6 nitrogen and oxygen atoms in total. The normalized spacial score (nSPS) is 27.1. The van der Waals surface area contributed by atoms with Crippen LogP contribution in [0.2, 0.25) is 0 Å². The monoisotopic (exact) mass is 283 g/mol. The Labute approximate surface area is 120 Å². The standard InChI is InChI=1S/C14H25N3O3/c1-2-4-13(18)16-11-5-3-7-17(10-11)14(19)12-9-15-6-8-20-12/h11-12,15H,2-10H2,1H3,(H,16,18). The number of likely N-dealkylation sites (tertiary alicyclic amines) is 1. The first-order valence-corrected chi connectivity index (χ1v) is 7.61. The number of carbonyl (C=O) groups excluding carboxylic acids is 2. The fourth-order valence-corrected chi connectivity index (χ4v) is 2.75. The average molecular weight is 283 g/mol. The second kappa shape index (κ2) is 7.59. The highest BCUT2D eigenvalue weighted by molar-refractivity contribution is 5.81. The van der Waals surface area contributed by atoms with Crippen LogP contribution in [0.15, 0.2) is 0 Å². The van der Waals surface area contributed by atoms with Crippen molar-refractivity contribution in [2.75, 3.05) is 32.8 Å². The van der Waals surface area contributed by atoms with Crippen LogP contribution < -0.4 is 10.6 Å². The Bertz CT molecular complexity index is 343. The summed E-state index contributed by atoms with van der Waals surface area (Å²) < 4.78 is 5.51. The molecule has 6 heteroatoms. The Hall–Kier alpha value is -1.14. The second-order valence-corrected chi connectivity index (χ2v) is 5.50. The number of morpholine rings is 1. The van der Waals surface area contributed by atoms with E-state index < -0.39 is 0 Å². The molecule has 20 heavy (non-hydrogen) atoms. The van der Waals surface area contributed by atoms with Gasteiger partial charge in [-0.3, -0.25) is 9.59 Å². The zero-order chi connectivity index (χ0) is 14.4. The number of nitrogens with one attached hydrogen (secondary N) is 2. The van der Waals surface area contributed by atoms with Crippen LogP contribution in [0.1, 0.15) is 32.6 Å². The number of ether oxygens (including phenoxy) is 1. The lowest BCUT2D eigenvalue weighted by Crippen LogP contribution is -2.55. The molecule has 0 aromatic heterocycles. The van der Waals surface area contributed by atoms with Crippen LogP contribution in [-0.4, -0.2) is 61.6 Å². The summed E-state index contributed by atoms with van der Waals surface area (Å²) in [7, 11) is 0. The lowest BCUT2D eigenvalue weighted by atomic mass is 10.0. The Morgan fingerprint density at radius 2 is 2.30 bits per heavy atom. The van der Waals surface area contributed by atoms with E-state index in [9.17, 15) is 9.59 Å². The van der Waals surface area contributed by atoms with Gasteiger partial charge in [0.15, 0.2) is 0 Å². The first-order chi connectivity index (χ1) is 9.70. The van der Waals surface area contributed by atoms with Gasteiger partial charge in [0.25, 0.3) is 5.91 Å². The van der Waals surface area contributed by atoms with Gasteiger partial charge in [0.2, 0.25) is 5.91 Å². The van der Waals surface area contributed by atoms with E-state index in [1.54, 1.807) is 0 Å². The molecule has 114 valence electrons. The van der Waals surface area contributed by atoms with Crippen LogP contribution in [0.25, 0.3) is 0 Å². The van der Waals surface area contributed by atoms with Gasteiger partial charge in [-0.25, -0.2) is 0 Å². The SMILES string of the molecule is CCCC(=O)NC1CCCN(C(=O)C2CNCCO2)C1. The Kier molecular flexibility index (Phi) is 5.79. The fourth-order valence-electron chi connectivity index (χ4n) is 2.75. The molecule has 2 amide bonds. The molecule has 2 saturated heterocycles. The van der Waals surface area contributed by atoms with Gasteiger partial charge in [0.05, 0.1) is 6.61 Å². The average Bonchev–Trinajstić information content (AvgIpc) is 2.48. The summed E-state index contributed by atoms with van der Waals surface area (Å²) in [6.07, 6.45) is 2.92. The van der Waals surface area contributed by atoms with Crippen molar-refractivity contribution in [3.63, 3.8) is 0 Å². The quantitative estimate of drug-likeness (QED) is 0.755. The van der Waals surface area contributed by atoms with E-state index in [1.165, 1.54) is 0 Å². The van der Waals surface area contributed by atoms with Crippen LogP contribution in [-0.2, 0) is 14.3 Å². The molecule has 0 aromatic rings. The summed E-state index contributed by atoms with van der Waals surface area (Å²) in [6, 6.07) is 0.0864. The van der Waals surface area contributed by atoms with E-state index in [1.807, 2.05) is 11.8 Å². The van der Waals surface area contributed by atoms with Crippen LogP contribution in [0.5, 0.6) is 0 Å². The summed E-state index contributed by atoms with van der Waals surface area (Å²) in [5.74, 6) is 0.133. The van der Waals surface area contributed by atoms with Crippen LogP contribution in [0.4, 0.5) is 0 Å². The lowest BCUT2D eigenvalue weighted by molar-refractivity contribution is -0.147. The third kappa shape index (κ3) is 4.18. The highest BCUT2D eigenvalue weighted by atomic mass is 16.5. The second-order valence-electron chi connectivity index (χ2n) is 5.50. The minimum Gasteiger partial charge on any atom is -0.366 e. The number of hydrogen-bond acceptors (Lipinski definition) is 4. The molecule has 0 radical (unpaired) electrons. The highest BCUT2D eigenvalue weighted by Gasteiger charge is 2.30. The molecule has 2 aliphatic heterocycles. The third-order valence-corrected chi connectivity index (χ3v) is 3.78. The third-order valence-electron chi connectivity index (χ3n) is 3.78. The van der Waals surface area contributed by atoms with Gasteiger partial charge in [-0.1, -0.05) is 6.92 Å². The molecular formula is C14H25N3O3. The van der Waals surface area contributed by atoms with E-state index in [0.29, 0.717) is 26.1 Å². The molecule has 2 N–H and O–H groups in total. The number of nitrogens with zero attached hydrogens (tertiary/aromatic N) is 1. The van der Waals surface area contributed by atoms with Crippen molar-refractivity contribution >= 4 is 11.8 Å². The van der Waals surface area contributed by atoms with Crippen molar-refractivity contribution in [3.8, 4) is 0 Å². The topological polar surface area (TPSA) is 70.7 Å². The van der Waals surface area contributed by atoms with E-state index in [2.05, 4.69) is 10.6 Å². The maximum Gasteiger partial charge on any atom is 0.253 e. The van der Waals surface area contributed by atoms with E-state index in [-0.39, 0.29) is 24.0 Å². The van der Waals surface area contributed by atoms with Crippen molar-refractivity contribution in [2.24, 2.45) is 0 Å². The molecule has 0 saturated carbocycles. The Balaban J connectivity index is 1.82. The fraction of sp³-hybridized carbons (Fsp3) is 0.857. The number of hydrogen-bond donors (Lipinski definition) is 2. The van der Waals surface area contributed by atoms with E-state index in [4.69, 9.17) is 4.74 Å². The Morgan fingerprint density at radius 3 is 3.00 bits per heavy atom. The summed E-state index contributed by atoms with van der Waals surface area (Å²) in [4.78, 5) is 25.8. The van der Waals surface area contributed by atoms with Crippen molar-refractivity contribution in [2.45, 2.75) is 44.8 Å². The molecule has 0 aromatic carbocycles. The molecule has 2 rings (SSSR count). The lowest BCUT2D eigenvalue weighted by Gasteiger charge is -2.36. The van der Waals surface area contributed by atoms with Gasteiger partial charge in [-0.15, -0.1) is 0 Å². The van der Waals surface area contributed by atoms with Gasteiger partial charge < -0.3 is 20.3 Å². The van der Waals surface area contributed by atoms with Crippen molar-refractivity contribution < 1.29 is 14.3 Å². The van der Waals surface area contributed by atoms with Gasteiger partial charge in [-0.05, 0) is 19.3 Å². The summed E-state index contributed by atoms with van der Waals surface area (Å²) >= 11 is 0. The van der Waals surface area contributed by atoms with Gasteiger partial charge in [-0.2, -0.15) is 0 Å². The molecule has 2 heterocycles. The maximum absolute atomic E-state index is 12.4. The summed E-state index contributed by atoms with van der Waals surface area (Å²) in [6.45, 7) is 5.33. The van der Waals surface area contributed by atoms with Crippen molar-refractivity contribution in [3.05, 3.63) is 0 Å².